The standard InChI is InChI=1S/C20H23BrO3Si/c1-20(2,3)25(16-10-6-4-7-11-16,17-12-8-5-9-13-17)24-15-14-18(21)19(22)23/h4-14H,15H2,1-3H3,(H,22,23)/b18-14+. The Kier molecular flexibility index (Phi) is 6.38. The second-order valence-electron chi connectivity index (χ2n) is 6.83. The van der Waals surface area contributed by atoms with Gasteiger partial charge in [-0.15, -0.1) is 0 Å². The highest BCUT2D eigenvalue weighted by atomic mass is 79.9. The molecule has 0 heterocycles. The van der Waals surface area contributed by atoms with Gasteiger partial charge >= 0.3 is 5.97 Å². The van der Waals surface area contributed by atoms with E-state index in [1.807, 2.05) is 36.4 Å². The molecule has 25 heavy (non-hydrogen) atoms. The van der Waals surface area contributed by atoms with Crippen LogP contribution in [0.4, 0.5) is 0 Å². The molecule has 0 unspecified atom stereocenters. The Balaban J connectivity index is 2.57. The number of halogens is 1. The lowest BCUT2D eigenvalue weighted by molar-refractivity contribution is -0.131. The highest BCUT2D eigenvalue weighted by Gasteiger charge is 2.49. The summed E-state index contributed by atoms with van der Waals surface area (Å²) in [6, 6.07) is 20.5. The molecule has 0 aromatic heterocycles. The summed E-state index contributed by atoms with van der Waals surface area (Å²) in [5.74, 6) is -0.994. The summed E-state index contributed by atoms with van der Waals surface area (Å²) >= 11 is 3.07. The van der Waals surface area contributed by atoms with E-state index in [0.29, 0.717) is 0 Å². The molecule has 0 aliphatic rings. The molecule has 2 aromatic rings. The molecule has 0 radical (unpaired) electrons. The first-order valence-electron chi connectivity index (χ1n) is 8.13. The van der Waals surface area contributed by atoms with Gasteiger partial charge in [-0.2, -0.15) is 0 Å². The summed E-state index contributed by atoms with van der Waals surface area (Å²) in [5, 5.41) is 11.3. The fourth-order valence-electron chi connectivity index (χ4n) is 3.09. The molecule has 0 saturated carbocycles. The Morgan fingerprint density at radius 2 is 1.48 bits per heavy atom. The highest BCUT2D eigenvalue weighted by Crippen LogP contribution is 2.36. The number of carboxylic acid groups (broad SMARTS) is 1. The average Bonchev–Trinajstić information content (AvgIpc) is 2.59. The second kappa shape index (κ2) is 8.12. The summed E-state index contributed by atoms with van der Waals surface area (Å²) in [5.41, 5.74) is 0. The fraction of sp³-hybridized carbons (Fsp3) is 0.250. The predicted octanol–water partition coefficient (Wildman–Crippen LogP) is 3.93. The van der Waals surface area contributed by atoms with E-state index in [9.17, 15) is 4.79 Å². The van der Waals surface area contributed by atoms with Gasteiger partial charge in [-0.25, -0.2) is 4.79 Å². The van der Waals surface area contributed by atoms with Crippen molar-refractivity contribution in [1.82, 2.24) is 0 Å². The first-order valence-corrected chi connectivity index (χ1v) is 10.8. The third-order valence-electron chi connectivity index (χ3n) is 4.18. The summed E-state index contributed by atoms with van der Waals surface area (Å²) in [4.78, 5) is 11.0. The molecule has 132 valence electrons. The van der Waals surface area contributed by atoms with Crippen molar-refractivity contribution in [2.45, 2.75) is 25.8 Å². The largest absolute Gasteiger partial charge is 0.477 e. The molecule has 0 aliphatic carbocycles. The topological polar surface area (TPSA) is 46.5 Å². The van der Waals surface area contributed by atoms with Gasteiger partial charge in [0.2, 0.25) is 0 Å². The number of aliphatic carboxylic acids is 1. The van der Waals surface area contributed by atoms with Crippen LogP contribution in [0, 0.1) is 0 Å². The van der Waals surface area contributed by atoms with E-state index in [4.69, 9.17) is 9.53 Å². The lowest BCUT2D eigenvalue weighted by Gasteiger charge is -2.42. The second-order valence-corrected chi connectivity index (χ2v) is 12.0. The third-order valence-corrected chi connectivity index (χ3v) is 9.85. The smallest absolute Gasteiger partial charge is 0.342 e. The van der Waals surface area contributed by atoms with Crippen LogP contribution < -0.4 is 10.4 Å². The van der Waals surface area contributed by atoms with Gasteiger partial charge < -0.3 is 9.53 Å². The number of benzene rings is 2. The summed E-state index contributed by atoms with van der Waals surface area (Å²) in [6.45, 7) is 6.81. The maximum atomic E-state index is 11.0. The van der Waals surface area contributed by atoms with E-state index >= 15 is 0 Å². The molecular formula is C20H23BrO3Si. The zero-order valence-corrected chi connectivity index (χ0v) is 17.3. The van der Waals surface area contributed by atoms with Crippen LogP contribution in [0.15, 0.2) is 71.2 Å². The van der Waals surface area contributed by atoms with Crippen molar-refractivity contribution in [2.75, 3.05) is 6.61 Å². The Morgan fingerprint density at radius 3 is 1.84 bits per heavy atom. The van der Waals surface area contributed by atoms with E-state index in [1.54, 1.807) is 6.08 Å². The Labute approximate surface area is 158 Å². The number of carbonyl (C=O) groups is 1. The van der Waals surface area contributed by atoms with E-state index in [1.165, 1.54) is 10.4 Å². The van der Waals surface area contributed by atoms with Gasteiger partial charge in [0.05, 0.1) is 6.61 Å². The number of carboxylic acids is 1. The minimum atomic E-state index is -2.61. The minimum absolute atomic E-state index is 0.116. The number of rotatable bonds is 6. The van der Waals surface area contributed by atoms with Gasteiger partial charge in [0.15, 0.2) is 0 Å². The first kappa shape index (κ1) is 19.6. The molecular weight excluding hydrogens is 396 g/mol. The maximum Gasteiger partial charge on any atom is 0.342 e. The fourth-order valence-corrected chi connectivity index (χ4v) is 7.71. The van der Waals surface area contributed by atoms with Gasteiger partial charge in [-0.3, -0.25) is 0 Å². The van der Waals surface area contributed by atoms with E-state index in [0.717, 1.165) is 0 Å². The van der Waals surface area contributed by atoms with Crippen LogP contribution in [0.3, 0.4) is 0 Å². The minimum Gasteiger partial charge on any atom is -0.477 e. The van der Waals surface area contributed by atoms with Gasteiger partial charge in [0, 0.05) is 0 Å². The summed E-state index contributed by atoms with van der Waals surface area (Å²) < 4.78 is 6.67. The van der Waals surface area contributed by atoms with Gasteiger partial charge in [0.25, 0.3) is 8.32 Å². The van der Waals surface area contributed by atoms with Crippen LogP contribution in [0.1, 0.15) is 20.8 Å². The van der Waals surface area contributed by atoms with Crippen molar-refractivity contribution in [3.05, 3.63) is 71.2 Å². The molecule has 0 amide bonds. The van der Waals surface area contributed by atoms with Crippen LogP contribution in [0.5, 0.6) is 0 Å². The Bertz CT molecular complexity index is 697. The quantitative estimate of drug-likeness (QED) is 0.570. The highest BCUT2D eigenvalue weighted by molar-refractivity contribution is 9.12. The lowest BCUT2D eigenvalue weighted by Crippen LogP contribution is -2.66. The average molecular weight is 419 g/mol. The molecule has 0 aliphatic heterocycles. The molecule has 0 fully saturated rings. The van der Waals surface area contributed by atoms with Crippen LogP contribution in [-0.2, 0) is 9.22 Å². The summed E-state index contributed by atoms with van der Waals surface area (Å²) in [6.07, 6.45) is 1.57. The normalized spacial score (nSPS) is 12.9. The van der Waals surface area contributed by atoms with Crippen molar-refractivity contribution in [2.24, 2.45) is 0 Å². The Morgan fingerprint density at radius 1 is 1.04 bits per heavy atom. The molecule has 2 aromatic carbocycles. The number of hydrogen-bond donors (Lipinski definition) is 1. The summed E-state index contributed by atoms with van der Waals surface area (Å²) in [7, 11) is -2.61. The Hall–Kier alpha value is -1.69. The SMILES string of the molecule is CC(C)(C)[Si](OC/C=C(/Br)C(=O)O)(c1ccccc1)c1ccccc1. The van der Waals surface area contributed by atoms with E-state index < -0.39 is 14.3 Å². The molecule has 0 atom stereocenters. The molecule has 0 bridgehead atoms. The van der Waals surface area contributed by atoms with Gasteiger partial charge in [0.1, 0.15) is 4.48 Å². The first-order chi connectivity index (χ1) is 11.8. The molecule has 2 rings (SSSR count). The molecule has 0 spiro atoms. The van der Waals surface area contributed by atoms with Crippen LogP contribution in [0.2, 0.25) is 5.04 Å². The van der Waals surface area contributed by atoms with E-state index in [-0.39, 0.29) is 16.1 Å². The van der Waals surface area contributed by atoms with Crippen molar-refractivity contribution >= 4 is 40.6 Å². The van der Waals surface area contributed by atoms with Crippen molar-refractivity contribution in [3.8, 4) is 0 Å². The van der Waals surface area contributed by atoms with Crippen LogP contribution in [-0.4, -0.2) is 26.0 Å². The van der Waals surface area contributed by atoms with Crippen molar-refractivity contribution < 1.29 is 14.3 Å². The van der Waals surface area contributed by atoms with Crippen molar-refractivity contribution in [3.63, 3.8) is 0 Å². The van der Waals surface area contributed by atoms with Gasteiger partial charge in [-0.05, 0) is 37.4 Å². The van der Waals surface area contributed by atoms with Crippen molar-refractivity contribution in [1.29, 1.82) is 0 Å². The molecule has 3 nitrogen and oxygen atoms in total. The zero-order chi connectivity index (χ0) is 18.5. The third kappa shape index (κ3) is 4.29. The number of hydrogen-bond acceptors (Lipinski definition) is 2. The monoisotopic (exact) mass is 418 g/mol. The lowest BCUT2D eigenvalue weighted by atomic mass is 10.2. The van der Waals surface area contributed by atoms with Gasteiger partial charge in [-0.1, -0.05) is 81.4 Å². The molecule has 1 N–H and O–H groups in total. The van der Waals surface area contributed by atoms with Crippen LogP contribution in [0.25, 0.3) is 0 Å². The molecule has 0 saturated heterocycles. The maximum absolute atomic E-state index is 11.0. The van der Waals surface area contributed by atoms with E-state index in [2.05, 4.69) is 61.0 Å². The predicted molar refractivity (Wildman–Crippen MR) is 108 cm³/mol. The van der Waals surface area contributed by atoms with Crippen LogP contribution >= 0.6 is 15.9 Å². The molecule has 5 heteroatoms. The zero-order valence-electron chi connectivity index (χ0n) is 14.7.